The third-order valence-electron chi connectivity index (χ3n) is 2.83. The Labute approximate surface area is 125 Å². The molecule has 2 aromatic rings. The summed E-state index contributed by atoms with van der Waals surface area (Å²) in [5.74, 6) is -1.41. The summed E-state index contributed by atoms with van der Waals surface area (Å²) in [6.07, 6.45) is -0.0102. The molecule has 0 unspecified atom stereocenters. The highest BCUT2D eigenvalue weighted by atomic mass is 35.5. The molecule has 0 radical (unpaired) electrons. The highest BCUT2D eigenvalue weighted by Crippen LogP contribution is 2.24. The van der Waals surface area contributed by atoms with Gasteiger partial charge in [-0.25, -0.2) is 4.79 Å². The van der Waals surface area contributed by atoms with E-state index in [1.165, 1.54) is 24.3 Å². The minimum Gasteiger partial charge on any atom is -0.508 e. The lowest BCUT2D eigenvalue weighted by molar-refractivity contribution is -0.115. The molecule has 0 aromatic heterocycles. The van der Waals surface area contributed by atoms with Gasteiger partial charge in [-0.15, -0.1) is 0 Å². The van der Waals surface area contributed by atoms with Gasteiger partial charge in [0.1, 0.15) is 5.75 Å². The van der Waals surface area contributed by atoms with Crippen LogP contribution >= 0.6 is 11.6 Å². The number of hydrogen-bond acceptors (Lipinski definition) is 3. The molecule has 0 aliphatic rings. The summed E-state index contributed by atoms with van der Waals surface area (Å²) < 4.78 is 0. The zero-order valence-electron chi connectivity index (χ0n) is 10.8. The maximum absolute atomic E-state index is 11.9. The Hall–Kier alpha value is -2.53. The smallest absolute Gasteiger partial charge is 0.335 e. The van der Waals surface area contributed by atoms with E-state index >= 15 is 0 Å². The van der Waals surface area contributed by atoms with Crippen molar-refractivity contribution in [3.63, 3.8) is 0 Å². The van der Waals surface area contributed by atoms with Gasteiger partial charge in [0.15, 0.2) is 0 Å². The van der Waals surface area contributed by atoms with Gasteiger partial charge in [0.25, 0.3) is 0 Å². The number of phenols is 1. The fourth-order valence-corrected chi connectivity index (χ4v) is 2.00. The molecule has 2 aromatic carbocycles. The maximum Gasteiger partial charge on any atom is 0.335 e. The summed E-state index contributed by atoms with van der Waals surface area (Å²) in [6.45, 7) is 0. The monoisotopic (exact) mass is 305 g/mol. The molecule has 3 N–H and O–H groups in total. The molecule has 0 aliphatic carbocycles. The van der Waals surface area contributed by atoms with Gasteiger partial charge in [0.05, 0.1) is 22.7 Å². The van der Waals surface area contributed by atoms with Gasteiger partial charge in [-0.1, -0.05) is 29.8 Å². The van der Waals surface area contributed by atoms with Crippen LogP contribution in [0, 0.1) is 0 Å². The minimum atomic E-state index is -1.09. The lowest BCUT2D eigenvalue weighted by Crippen LogP contribution is -2.15. The predicted octanol–water partition coefficient (Wildman–Crippen LogP) is 2.93. The number of carbonyl (C=O) groups excluding carboxylic acids is 1. The van der Waals surface area contributed by atoms with Crippen molar-refractivity contribution in [3.05, 3.63) is 58.6 Å². The number of nitrogens with one attached hydrogen (secondary N) is 1. The summed E-state index contributed by atoms with van der Waals surface area (Å²) in [7, 11) is 0. The second-order valence-corrected chi connectivity index (χ2v) is 4.76. The second-order valence-electron chi connectivity index (χ2n) is 4.35. The second kappa shape index (κ2) is 6.28. The molecule has 0 bridgehead atoms. The normalized spacial score (nSPS) is 10.1. The molecule has 0 heterocycles. The first kappa shape index (κ1) is 14.9. The van der Waals surface area contributed by atoms with E-state index in [2.05, 4.69) is 5.32 Å². The number of carboxylic acids is 1. The molecule has 0 atom stereocenters. The minimum absolute atomic E-state index is 0.0102. The molecule has 5 nitrogen and oxygen atoms in total. The number of para-hydroxylation sites is 1. The molecule has 0 spiro atoms. The quantitative estimate of drug-likeness (QED) is 0.810. The van der Waals surface area contributed by atoms with Crippen LogP contribution < -0.4 is 5.32 Å². The number of carbonyl (C=O) groups is 2. The molecule has 6 heteroatoms. The Morgan fingerprint density at radius 1 is 1.14 bits per heavy atom. The summed E-state index contributed by atoms with van der Waals surface area (Å²) in [5, 5.41) is 21.2. The largest absolute Gasteiger partial charge is 0.508 e. The number of halogens is 1. The Morgan fingerprint density at radius 2 is 1.86 bits per heavy atom. The lowest BCUT2D eigenvalue weighted by Gasteiger charge is -2.08. The molecule has 0 fully saturated rings. The number of rotatable bonds is 4. The number of aromatic carboxylic acids is 1. The van der Waals surface area contributed by atoms with Gasteiger partial charge in [-0.2, -0.15) is 0 Å². The van der Waals surface area contributed by atoms with E-state index in [4.69, 9.17) is 16.7 Å². The number of phenolic OH excluding ortho intramolecular Hbond substituents is 1. The van der Waals surface area contributed by atoms with E-state index in [9.17, 15) is 14.7 Å². The van der Waals surface area contributed by atoms with Crippen molar-refractivity contribution in [1.29, 1.82) is 0 Å². The average Bonchev–Trinajstić information content (AvgIpc) is 2.43. The molecule has 1 amide bonds. The zero-order valence-corrected chi connectivity index (χ0v) is 11.6. The third kappa shape index (κ3) is 3.73. The fraction of sp³-hybridized carbons (Fsp3) is 0.0667. The van der Waals surface area contributed by atoms with E-state index in [1.54, 1.807) is 18.2 Å². The standard InChI is InChI=1S/C15H12ClNO4/c16-11-7-10(15(20)21)5-6-12(11)17-14(19)8-9-3-1-2-4-13(9)18/h1-7,18H,8H2,(H,17,19)(H,20,21). The topological polar surface area (TPSA) is 86.6 Å². The lowest BCUT2D eigenvalue weighted by atomic mass is 10.1. The third-order valence-corrected chi connectivity index (χ3v) is 3.15. The van der Waals surface area contributed by atoms with Crippen LogP contribution in [-0.4, -0.2) is 22.1 Å². The number of aromatic hydroxyl groups is 1. The molecule has 21 heavy (non-hydrogen) atoms. The molecule has 108 valence electrons. The maximum atomic E-state index is 11.9. The van der Waals surface area contributed by atoms with Crippen molar-refractivity contribution in [1.82, 2.24) is 0 Å². The van der Waals surface area contributed by atoms with Crippen LogP contribution in [0.5, 0.6) is 5.75 Å². The molecular weight excluding hydrogens is 294 g/mol. The average molecular weight is 306 g/mol. The summed E-state index contributed by atoms with van der Waals surface area (Å²) in [5.41, 5.74) is 0.856. The van der Waals surface area contributed by atoms with Crippen LogP contribution in [0.25, 0.3) is 0 Å². The summed E-state index contributed by atoms with van der Waals surface area (Å²) in [4.78, 5) is 22.7. The van der Waals surface area contributed by atoms with Gasteiger partial charge in [-0.05, 0) is 24.3 Å². The van der Waals surface area contributed by atoms with Crippen LogP contribution in [0.4, 0.5) is 5.69 Å². The number of carboxylic acid groups (broad SMARTS) is 1. The Bertz CT molecular complexity index is 700. The van der Waals surface area contributed by atoms with Crippen molar-refractivity contribution in [2.24, 2.45) is 0 Å². The first-order valence-electron chi connectivity index (χ1n) is 6.07. The van der Waals surface area contributed by atoms with Gasteiger partial charge in [0.2, 0.25) is 5.91 Å². The van der Waals surface area contributed by atoms with E-state index in [0.717, 1.165) is 0 Å². The fourth-order valence-electron chi connectivity index (χ4n) is 1.78. The van der Waals surface area contributed by atoms with Crippen LogP contribution in [-0.2, 0) is 11.2 Å². The van der Waals surface area contributed by atoms with Crippen molar-refractivity contribution in [2.45, 2.75) is 6.42 Å². The van der Waals surface area contributed by atoms with Crippen LogP contribution in [0.3, 0.4) is 0 Å². The summed E-state index contributed by atoms with van der Waals surface area (Å²) >= 11 is 5.92. The first-order chi connectivity index (χ1) is 9.97. The highest BCUT2D eigenvalue weighted by Gasteiger charge is 2.11. The Kier molecular flexibility index (Phi) is 4.45. The van der Waals surface area contributed by atoms with Crippen LogP contribution in [0.2, 0.25) is 5.02 Å². The zero-order chi connectivity index (χ0) is 15.4. The Morgan fingerprint density at radius 3 is 2.48 bits per heavy atom. The molecule has 2 rings (SSSR count). The SMILES string of the molecule is O=C(Cc1ccccc1O)Nc1ccc(C(=O)O)cc1Cl. The number of amides is 1. The van der Waals surface area contributed by atoms with Gasteiger partial charge >= 0.3 is 5.97 Å². The summed E-state index contributed by atoms with van der Waals surface area (Å²) in [6, 6.07) is 10.6. The van der Waals surface area contributed by atoms with Crippen molar-refractivity contribution < 1.29 is 19.8 Å². The van der Waals surface area contributed by atoms with E-state index in [0.29, 0.717) is 11.3 Å². The van der Waals surface area contributed by atoms with E-state index in [1.807, 2.05) is 0 Å². The van der Waals surface area contributed by atoms with Gasteiger partial charge < -0.3 is 15.5 Å². The van der Waals surface area contributed by atoms with Crippen molar-refractivity contribution in [2.75, 3.05) is 5.32 Å². The van der Waals surface area contributed by atoms with Crippen LogP contribution in [0.1, 0.15) is 15.9 Å². The molecule has 0 saturated carbocycles. The number of hydrogen-bond donors (Lipinski definition) is 3. The predicted molar refractivity (Wildman–Crippen MR) is 78.9 cm³/mol. The number of anilines is 1. The molecule has 0 saturated heterocycles. The van der Waals surface area contributed by atoms with E-state index in [-0.39, 0.29) is 28.7 Å². The van der Waals surface area contributed by atoms with Gasteiger partial charge in [0, 0.05) is 5.56 Å². The molecular formula is C15H12ClNO4. The molecule has 0 aliphatic heterocycles. The van der Waals surface area contributed by atoms with Crippen molar-refractivity contribution in [3.8, 4) is 5.75 Å². The van der Waals surface area contributed by atoms with Crippen molar-refractivity contribution >= 4 is 29.2 Å². The highest BCUT2D eigenvalue weighted by molar-refractivity contribution is 6.34. The Balaban J connectivity index is 2.10. The first-order valence-corrected chi connectivity index (χ1v) is 6.44. The number of benzene rings is 2. The van der Waals surface area contributed by atoms with Crippen LogP contribution in [0.15, 0.2) is 42.5 Å². The van der Waals surface area contributed by atoms with E-state index < -0.39 is 5.97 Å². The van der Waals surface area contributed by atoms with Gasteiger partial charge in [-0.3, -0.25) is 4.79 Å².